The molecule has 0 aliphatic rings. The van der Waals surface area contributed by atoms with E-state index in [1.54, 1.807) is 62.5 Å². The zero-order chi connectivity index (χ0) is 14.8. The number of aliphatic carboxylic acids is 1. The quantitative estimate of drug-likeness (QED) is 0.866. The van der Waals surface area contributed by atoms with E-state index in [-0.39, 0.29) is 5.78 Å². The number of nitrogens with zero attached hydrogens (tertiary/aromatic N) is 1. The molecule has 102 valence electrons. The molecule has 2 rings (SSSR count). The zero-order valence-electron chi connectivity index (χ0n) is 11.3. The van der Waals surface area contributed by atoms with E-state index in [4.69, 9.17) is 0 Å². The molecule has 0 saturated heterocycles. The molecule has 0 atom stereocenters. The Morgan fingerprint density at radius 2 is 1.70 bits per heavy atom. The van der Waals surface area contributed by atoms with Crippen LogP contribution in [-0.4, -0.2) is 21.8 Å². The Bertz CT molecular complexity index is 631. The molecule has 0 aliphatic heterocycles. The topological polar surface area (TPSA) is 67.3 Å². The van der Waals surface area contributed by atoms with E-state index in [1.807, 2.05) is 0 Å². The average Bonchev–Trinajstić information content (AvgIpc) is 2.47. The second-order valence-corrected chi connectivity index (χ2v) is 5.05. The Hall–Kier alpha value is -2.49. The third-order valence-corrected chi connectivity index (χ3v) is 3.30. The second kappa shape index (κ2) is 5.25. The predicted octanol–water partition coefficient (Wildman–Crippen LogP) is 2.67. The van der Waals surface area contributed by atoms with Crippen molar-refractivity contribution in [3.63, 3.8) is 0 Å². The van der Waals surface area contributed by atoms with Crippen molar-refractivity contribution in [2.24, 2.45) is 0 Å². The molecule has 1 N–H and O–H groups in total. The maximum atomic E-state index is 12.2. The minimum absolute atomic E-state index is 0.176. The Labute approximate surface area is 117 Å². The van der Waals surface area contributed by atoms with E-state index in [9.17, 15) is 14.7 Å². The van der Waals surface area contributed by atoms with Crippen molar-refractivity contribution in [3.05, 3.63) is 65.5 Å². The lowest BCUT2D eigenvalue weighted by Gasteiger charge is -2.19. The maximum Gasteiger partial charge on any atom is 0.313 e. The van der Waals surface area contributed by atoms with E-state index >= 15 is 0 Å². The minimum atomic E-state index is -0.980. The largest absolute Gasteiger partial charge is 0.481 e. The number of benzene rings is 1. The monoisotopic (exact) mass is 269 g/mol. The van der Waals surface area contributed by atoms with Gasteiger partial charge in [-0.2, -0.15) is 0 Å². The van der Waals surface area contributed by atoms with Crippen molar-refractivity contribution in [3.8, 4) is 0 Å². The van der Waals surface area contributed by atoms with Gasteiger partial charge in [-0.05, 0) is 31.5 Å². The van der Waals surface area contributed by atoms with Gasteiger partial charge in [0.15, 0.2) is 0 Å². The summed E-state index contributed by atoms with van der Waals surface area (Å²) in [6.07, 6.45) is 1.56. The molecule has 4 nitrogen and oxygen atoms in total. The van der Waals surface area contributed by atoms with Crippen molar-refractivity contribution in [2.45, 2.75) is 19.3 Å². The van der Waals surface area contributed by atoms with Crippen LogP contribution >= 0.6 is 0 Å². The van der Waals surface area contributed by atoms with E-state index in [1.165, 1.54) is 0 Å². The summed E-state index contributed by atoms with van der Waals surface area (Å²) in [4.78, 5) is 27.4. The highest BCUT2D eigenvalue weighted by Crippen LogP contribution is 2.24. The molecule has 0 fully saturated rings. The van der Waals surface area contributed by atoms with Crippen LogP contribution in [0.2, 0.25) is 0 Å². The molecule has 0 saturated carbocycles. The van der Waals surface area contributed by atoms with Crippen LogP contribution in [-0.2, 0) is 10.2 Å². The molecule has 0 amide bonds. The summed E-state index contributed by atoms with van der Waals surface area (Å²) < 4.78 is 0. The molecule has 0 bridgehead atoms. The first-order valence-corrected chi connectivity index (χ1v) is 6.22. The van der Waals surface area contributed by atoms with Crippen molar-refractivity contribution in [2.75, 3.05) is 0 Å². The van der Waals surface area contributed by atoms with Crippen molar-refractivity contribution >= 4 is 11.8 Å². The number of carboxylic acid groups (broad SMARTS) is 1. The molecule has 4 heteroatoms. The van der Waals surface area contributed by atoms with Gasteiger partial charge in [-0.3, -0.25) is 14.6 Å². The zero-order valence-corrected chi connectivity index (χ0v) is 11.3. The van der Waals surface area contributed by atoms with E-state index in [2.05, 4.69) is 4.98 Å². The summed E-state index contributed by atoms with van der Waals surface area (Å²) in [5.74, 6) is -1.08. The SMILES string of the molecule is CC(C)(C(=O)O)c1ccc(C(=O)c2ccccn2)cc1. The number of rotatable bonds is 4. The lowest BCUT2D eigenvalue weighted by molar-refractivity contribution is -0.142. The van der Waals surface area contributed by atoms with Gasteiger partial charge in [0.05, 0.1) is 5.41 Å². The van der Waals surface area contributed by atoms with Gasteiger partial charge in [-0.15, -0.1) is 0 Å². The number of carbonyl (C=O) groups is 2. The Balaban J connectivity index is 2.30. The first-order valence-electron chi connectivity index (χ1n) is 6.22. The molecular formula is C16H15NO3. The van der Waals surface area contributed by atoms with E-state index in [0.29, 0.717) is 16.8 Å². The number of pyridine rings is 1. The van der Waals surface area contributed by atoms with Gasteiger partial charge in [0.1, 0.15) is 5.69 Å². The number of carboxylic acids is 1. The normalized spacial score (nSPS) is 11.1. The summed E-state index contributed by atoms with van der Waals surface area (Å²) >= 11 is 0. The summed E-state index contributed by atoms with van der Waals surface area (Å²) in [5, 5.41) is 9.17. The number of aromatic nitrogens is 1. The molecule has 0 unspecified atom stereocenters. The number of hydrogen-bond acceptors (Lipinski definition) is 3. The molecule has 0 aliphatic carbocycles. The molecule has 0 spiro atoms. The smallest absolute Gasteiger partial charge is 0.313 e. The third kappa shape index (κ3) is 2.59. The van der Waals surface area contributed by atoms with E-state index < -0.39 is 11.4 Å². The van der Waals surface area contributed by atoms with Crippen LogP contribution < -0.4 is 0 Å². The number of ketones is 1. The summed E-state index contributed by atoms with van der Waals surface area (Å²) in [6.45, 7) is 3.26. The predicted molar refractivity (Wildman–Crippen MR) is 74.8 cm³/mol. The Morgan fingerprint density at radius 1 is 1.05 bits per heavy atom. The van der Waals surface area contributed by atoms with Gasteiger partial charge in [-0.25, -0.2) is 0 Å². The van der Waals surface area contributed by atoms with Crippen molar-refractivity contribution < 1.29 is 14.7 Å². The molecule has 0 radical (unpaired) electrons. The second-order valence-electron chi connectivity index (χ2n) is 5.05. The molecular weight excluding hydrogens is 254 g/mol. The van der Waals surface area contributed by atoms with Crippen LogP contribution in [0.3, 0.4) is 0 Å². The first kappa shape index (κ1) is 13.9. The number of carbonyl (C=O) groups excluding carboxylic acids is 1. The Morgan fingerprint density at radius 3 is 2.20 bits per heavy atom. The molecule has 20 heavy (non-hydrogen) atoms. The maximum absolute atomic E-state index is 12.2. The molecule has 1 aromatic heterocycles. The summed E-state index contributed by atoms with van der Waals surface area (Å²) in [5.41, 5.74) is 0.543. The molecule has 1 aromatic carbocycles. The lowest BCUT2D eigenvalue weighted by atomic mass is 9.84. The van der Waals surface area contributed by atoms with Crippen LogP contribution in [0, 0.1) is 0 Å². The molecule has 2 aromatic rings. The fourth-order valence-corrected chi connectivity index (χ4v) is 1.81. The lowest BCUT2D eigenvalue weighted by Crippen LogP contribution is -2.28. The first-order chi connectivity index (χ1) is 9.43. The molecule has 1 heterocycles. The van der Waals surface area contributed by atoms with Crippen LogP contribution in [0.25, 0.3) is 0 Å². The fraction of sp³-hybridized carbons (Fsp3) is 0.188. The highest BCUT2D eigenvalue weighted by Gasteiger charge is 2.29. The Kier molecular flexibility index (Phi) is 3.66. The van der Waals surface area contributed by atoms with E-state index in [0.717, 1.165) is 0 Å². The highest BCUT2D eigenvalue weighted by molar-refractivity contribution is 6.07. The van der Waals surface area contributed by atoms with Gasteiger partial charge in [0, 0.05) is 11.8 Å². The average molecular weight is 269 g/mol. The summed E-state index contributed by atoms with van der Waals surface area (Å²) in [7, 11) is 0. The van der Waals surface area contributed by atoms with Crippen molar-refractivity contribution in [1.82, 2.24) is 4.98 Å². The van der Waals surface area contributed by atoms with Crippen LogP contribution in [0.4, 0.5) is 0 Å². The number of hydrogen-bond donors (Lipinski definition) is 1. The highest BCUT2D eigenvalue weighted by atomic mass is 16.4. The van der Waals surface area contributed by atoms with Crippen LogP contribution in [0.1, 0.15) is 35.5 Å². The van der Waals surface area contributed by atoms with Crippen LogP contribution in [0.5, 0.6) is 0 Å². The minimum Gasteiger partial charge on any atom is -0.481 e. The summed E-state index contributed by atoms with van der Waals surface area (Å²) in [6, 6.07) is 11.8. The van der Waals surface area contributed by atoms with Crippen LogP contribution in [0.15, 0.2) is 48.7 Å². The van der Waals surface area contributed by atoms with Gasteiger partial charge in [0.25, 0.3) is 0 Å². The fourth-order valence-electron chi connectivity index (χ4n) is 1.81. The standard InChI is InChI=1S/C16H15NO3/c1-16(2,15(19)20)12-8-6-11(7-9-12)14(18)13-5-3-4-10-17-13/h3-10H,1-2H3,(H,19,20). The van der Waals surface area contributed by atoms with Gasteiger partial charge >= 0.3 is 5.97 Å². The van der Waals surface area contributed by atoms with Gasteiger partial charge in [-0.1, -0.05) is 30.3 Å². The van der Waals surface area contributed by atoms with Gasteiger partial charge < -0.3 is 5.11 Å². The third-order valence-electron chi connectivity index (χ3n) is 3.30. The van der Waals surface area contributed by atoms with Crippen molar-refractivity contribution in [1.29, 1.82) is 0 Å². The van der Waals surface area contributed by atoms with Gasteiger partial charge in [0.2, 0.25) is 5.78 Å².